The monoisotopic (exact) mass is 413 g/mol. The molecule has 1 atom stereocenters. The predicted octanol–water partition coefficient (Wildman–Crippen LogP) is 3.54. The first-order valence-electron chi connectivity index (χ1n) is 10.7. The zero-order valence-corrected chi connectivity index (χ0v) is 17.1. The van der Waals surface area contributed by atoms with Gasteiger partial charge in [0.15, 0.2) is 0 Å². The summed E-state index contributed by atoms with van der Waals surface area (Å²) in [6.07, 6.45) is 6.85. The second kappa shape index (κ2) is 7.67. The maximum absolute atomic E-state index is 5.92. The molecule has 0 N–H and O–H groups in total. The molecule has 6 rings (SSSR count). The molecule has 5 heterocycles. The van der Waals surface area contributed by atoms with Crippen molar-refractivity contribution in [1.82, 2.24) is 19.4 Å². The molecule has 2 aliphatic rings. The van der Waals surface area contributed by atoms with Crippen LogP contribution in [-0.2, 0) is 4.74 Å². The highest BCUT2D eigenvalue weighted by Crippen LogP contribution is 2.38. The highest BCUT2D eigenvalue weighted by molar-refractivity contribution is 5.65. The molecule has 4 aromatic rings. The van der Waals surface area contributed by atoms with E-state index in [1.165, 1.54) is 5.56 Å². The lowest BCUT2D eigenvalue weighted by molar-refractivity contribution is 0.122. The zero-order chi connectivity index (χ0) is 20.6. The Labute approximate surface area is 180 Å². The summed E-state index contributed by atoms with van der Waals surface area (Å²) >= 11 is 0. The van der Waals surface area contributed by atoms with Gasteiger partial charge in [-0.1, -0.05) is 30.3 Å². The SMILES string of the molecule is c1ccc(C2CCOc3nc4ccc(-c5cnc(N6CCOCC6)nc5)cn4c32)cc1. The average molecular weight is 413 g/mol. The van der Waals surface area contributed by atoms with Crippen molar-refractivity contribution < 1.29 is 9.47 Å². The van der Waals surface area contributed by atoms with E-state index < -0.39 is 0 Å². The summed E-state index contributed by atoms with van der Waals surface area (Å²) in [6.45, 7) is 3.77. The molecule has 7 heteroatoms. The van der Waals surface area contributed by atoms with Gasteiger partial charge in [-0.15, -0.1) is 0 Å². The third kappa shape index (κ3) is 3.31. The summed E-state index contributed by atoms with van der Waals surface area (Å²) in [6, 6.07) is 14.7. The molecule has 0 amide bonds. The molecule has 2 aliphatic heterocycles. The number of aromatic nitrogens is 4. The molecule has 0 saturated carbocycles. The van der Waals surface area contributed by atoms with Gasteiger partial charge in [0.25, 0.3) is 0 Å². The van der Waals surface area contributed by atoms with Gasteiger partial charge in [0, 0.05) is 48.7 Å². The molecule has 1 aromatic carbocycles. The van der Waals surface area contributed by atoms with Crippen LogP contribution in [0.15, 0.2) is 61.1 Å². The quantitative estimate of drug-likeness (QED) is 0.512. The van der Waals surface area contributed by atoms with Crippen LogP contribution in [0.1, 0.15) is 23.6 Å². The van der Waals surface area contributed by atoms with Crippen LogP contribution in [0.3, 0.4) is 0 Å². The number of anilines is 1. The van der Waals surface area contributed by atoms with Crippen molar-refractivity contribution in [3.63, 3.8) is 0 Å². The predicted molar refractivity (Wildman–Crippen MR) is 118 cm³/mol. The summed E-state index contributed by atoms with van der Waals surface area (Å²) in [5, 5.41) is 0. The van der Waals surface area contributed by atoms with E-state index in [0.717, 1.165) is 67.0 Å². The van der Waals surface area contributed by atoms with Crippen molar-refractivity contribution in [3.05, 3.63) is 72.3 Å². The Morgan fingerprint density at radius 1 is 0.871 bits per heavy atom. The number of hydrogen-bond donors (Lipinski definition) is 0. The van der Waals surface area contributed by atoms with E-state index >= 15 is 0 Å². The largest absolute Gasteiger partial charge is 0.476 e. The van der Waals surface area contributed by atoms with E-state index in [-0.39, 0.29) is 5.92 Å². The molecular formula is C24H23N5O2. The summed E-state index contributed by atoms with van der Waals surface area (Å²) in [7, 11) is 0. The van der Waals surface area contributed by atoms with E-state index in [2.05, 4.69) is 61.9 Å². The molecule has 1 fully saturated rings. The first-order chi connectivity index (χ1) is 15.4. The van der Waals surface area contributed by atoms with Crippen molar-refractivity contribution in [3.8, 4) is 17.0 Å². The van der Waals surface area contributed by atoms with Gasteiger partial charge in [-0.3, -0.25) is 4.40 Å². The van der Waals surface area contributed by atoms with Gasteiger partial charge in [-0.05, 0) is 24.1 Å². The highest BCUT2D eigenvalue weighted by atomic mass is 16.5. The Bertz CT molecular complexity index is 1200. The minimum absolute atomic E-state index is 0.259. The van der Waals surface area contributed by atoms with E-state index in [1.807, 2.05) is 18.5 Å². The third-order valence-electron chi connectivity index (χ3n) is 6.06. The third-order valence-corrected chi connectivity index (χ3v) is 6.06. The van der Waals surface area contributed by atoms with E-state index in [0.29, 0.717) is 6.61 Å². The van der Waals surface area contributed by atoms with E-state index in [1.54, 1.807) is 0 Å². The molecule has 156 valence electrons. The van der Waals surface area contributed by atoms with Crippen LogP contribution < -0.4 is 9.64 Å². The summed E-state index contributed by atoms with van der Waals surface area (Å²) < 4.78 is 13.5. The molecule has 1 unspecified atom stereocenters. The van der Waals surface area contributed by atoms with Crippen LogP contribution >= 0.6 is 0 Å². The summed E-state index contributed by atoms with van der Waals surface area (Å²) in [4.78, 5) is 16.1. The van der Waals surface area contributed by atoms with Crippen LogP contribution in [0.5, 0.6) is 5.88 Å². The number of benzene rings is 1. The number of ether oxygens (including phenoxy) is 2. The van der Waals surface area contributed by atoms with Crippen molar-refractivity contribution in [2.24, 2.45) is 0 Å². The second-order valence-electron chi connectivity index (χ2n) is 7.92. The summed E-state index contributed by atoms with van der Waals surface area (Å²) in [5.74, 6) is 1.75. The fraction of sp³-hybridized carbons (Fsp3) is 0.292. The van der Waals surface area contributed by atoms with Gasteiger partial charge in [-0.25, -0.2) is 9.97 Å². The Balaban J connectivity index is 1.38. The lowest BCUT2D eigenvalue weighted by Crippen LogP contribution is -2.37. The van der Waals surface area contributed by atoms with Gasteiger partial charge in [0.1, 0.15) is 5.65 Å². The van der Waals surface area contributed by atoms with Crippen molar-refractivity contribution in [2.45, 2.75) is 12.3 Å². The minimum atomic E-state index is 0.259. The van der Waals surface area contributed by atoms with Gasteiger partial charge in [0.2, 0.25) is 11.8 Å². The van der Waals surface area contributed by atoms with Gasteiger partial charge < -0.3 is 14.4 Å². The topological polar surface area (TPSA) is 64.8 Å². The molecule has 1 saturated heterocycles. The fourth-order valence-electron chi connectivity index (χ4n) is 4.45. The van der Waals surface area contributed by atoms with E-state index in [4.69, 9.17) is 14.5 Å². The van der Waals surface area contributed by atoms with Gasteiger partial charge in [-0.2, -0.15) is 4.98 Å². The first kappa shape index (κ1) is 18.3. The molecule has 31 heavy (non-hydrogen) atoms. The first-order valence-corrected chi connectivity index (χ1v) is 10.7. The molecular weight excluding hydrogens is 390 g/mol. The van der Waals surface area contributed by atoms with Crippen LogP contribution in [0.2, 0.25) is 0 Å². The molecule has 0 bridgehead atoms. The van der Waals surface area contributed by atoms with Crippen LogP contribution in [-0.4, -0.2) is 52.3 Å². The lowest BCUT2D eigenvalue weighted by Gasteiger charge is -2.26. The Kier molecular flexibility index (Phi) is 4.53. The van der Waals surface area contributed by atoms with Gasteiger partial charge >= 0.3 is 0 Å². The highest BCUT2D eigenvalue weighted by Gasteiger charge is 2.28. The molecule has 3 aromatic heterocycles. The second-order valence-corrected chi connectivity index (χ2v) is 7.92. The number of pyridine rings is 1. The van der Waals surface area contributed by atoms with Crippen molar-refractivity contribution >= 4 is 11.6 Å². The number of rotatable bonds is 3. The van der Waals surface area contributed by atoms with Crippen LogP contribution in [0.25, 0.3) is 16.8 Å². The summed E-state index contributed by atoms with van der Waals surface area (Å²) in [5.41, 5.74) is 5.33. The van der Waals surface area contributed by atoms with Gasteiger partial charge in [0.05, 0.1) is 25.5 Å². The average Bonchev–Trinajstić information content (AvgIpc) is 3.23. The molecule has 7 nitrogen and oxygen atoms in total. The maximum Gasteiger partial charge on any atom is 0.236 e. The molecule has 0 aliphatic carbocycles. The number of nitrogens with zero attached hydrogens (tertiary/aromatic N) is 5. The Morgan fingerprint density at radius 3 is 2.48 bits per heavy atom. The standard InChI is InChI=1S/C24H23N5O2/c1-2-4-17(5-3-1)20-8-11-31-23-22(20)29-16-18(6-7-21(29)27-23)19-14-25-24(26-15-19)28-9-12-30-13-10-28/h1-7,14-16,20H,8-13H2. The smallest absolute Gasteiger partial charge is 0.236 e. The Hall–Kier alpha value is -3.45. The zero-order valence-electron chi connectivity index (χ0n) is 17.1. The van der Waals surface area contributed by atoms with Crippen LogP contribution in [0, 0.1) is 0 Å². The maximum atomic E-state index is 5.92. The molecule has 0 radical (unpaired) electrons. The molecule has 0 spiro atoms. The number of morpholine rings is 1. The fourth-order valence-corrected chi connectivity index (χ4v) is 4.45. The lowest BCUT2D eigenvalue weighted by atomic mass is 9.91. The number of hydrogen-bond acceptors (Lipinski definition) is 6. The normalized spacial score (nSPS) is 18.6. The minimum Gasteiger partial charge on any atom is -0.476 e. The van der Waals surface area contributed by atoms with E-state index in [9.17, 15) is 0 Å². The van der Waals surface area contributed by atoms with Crippen molar-refractivity contribution in [1.29, 1.82) is 0 Å². The number of imidazole rings is 1. The van der Waals surface area contributed by atoms with Crippen LogP contribution in [0.4, 0.5) is 5.95 Å². The van der Waals surface area contributed by atoms with Crippen molar-refractivity contribution in [2.75, 3.05) is 37.8 Å². The number of fused-ring (bicyclic) bond motifs is 3. The Morgan fingerprint density at radius 2 is 1.68 bits per heavy atom.